The smallest absolute Gasteiger partial charge is 0.256 e. The molecule has 5 heteroatoms. The average Bonchev–Trinajstić information content (AvgIpc) is 3.04. The SMILES string of the molecule is Nc1c(Cl)cccc1C(=O)N1CCCC(N2CCCC2)C1. The molecule has 2 aliphatic rings. The first-order valence-electron chi connectivity index (χ1n) is 7.74. The van der Waals surface area contributed by atoms with Gasteiger partial charge in [-0.2, -0.15) is 0 Å². The molecule has 2 aliphatic heterocycles. The number of halogens is 1. The van der Waals surface area contributed by atoms with Crippen LogP contribution in [0.15, 0.2) is 18.2 Å². The van der Waals surface area contributed by atoms with Crippen molar-refractivity contribution in [3.8, 4) is 0 Å². The number of nitrogens with two attached hydrogens (primary N) is 1. The Kier molecular flexibility index (Phi) is 4.36. The van der Waals surface area contributed by atoms with E-state index in [9.17, 15) is 4.79 Å². The number of hydrogen-bond acceptors (Lipinski definition) is 3. The van der Waals surface area contributed by atoms with Crippen LogP contribution in [0, 0.1) is 0 Å². The van der Waals surface area contributed by atoms with E-state index in [0.29, 0.717) is 22.3 Å². The summed E-state index contributed by atoms with van der Waals surface area (Å²) in [6, 6.07) is 5.78. The van der Waals surface area contributed by atoms with E-state index < -0.39 is 0 Å². The third kappa shape index (κ3) is 3.01. The van der Waals surface area contributed by atoms with Crippen LogP contribution in [-0.2, 0) is 0 Å². The summed E-state index contributed by atoms with van der Waals surface area (Å²) in [6.07, 6.45) is 4.82. The molecule has 0 aliphatic carbocycles. The van der Waals surface area contributed by atoms with Gasteiger partial charge in [0.2, 0.25) is 0 Å². The Hall–Kier alpha value is -1.26. The lowest BCUT2D eigenvalue weighted by Crippen LogP contribution is -2.49. The van der Waals surface area contributed by atoms with E-state index in [4.69, 9.17) is 17.3 Å². The molecule has 0 radical (unpaired) electrons. The highest BCUT2D eigenvalue weighted by Gasteiger charge is 2.30. The molecule has 0 spiro atoms. The normalized spacial score (nSPS) is 23.5. The van der Waals surface area contributed by atoms with Crippen molar-refractivity contribution < 1.29 is 4.79 Å². The van der Waals surface area contributed by atoms with Crippen LogP contribution in [0.25, 0.3) is 0 Å². The monoisotopic (exact) mass is 307 g/mol. The molecule has 21 heavy (non-hydrogen) atoms. The van der Waals surface area contributed by atoms with Crippen LogP contribution in [0.1, 0.15) is 36.0 Å². The fourth-order valence-corrected chi connectivity index (χ4v) is 3.61. The highest BCUT2D eigenvalue weighted by molar-refractivity contribution is 6.33. The van der Waals surface area contributed by atoms with E-state index in [0.717, 1.165) is 19.5 Å². The van der Waals surface area contributed by atoms with Gasteiger partial charge in [-0.05, 0) is 50.9 Å². The Morgan fingerprint density at radius 3 is 2.71 bits per heavy atom. The van der Waals surface area contributed by atoms with E-state index in [1.54, 1.807) is 18.2 Å². The van der Waals surface area contributed by atoms with Gasteiger partial charge in [-0.3, -0.25) is 9.69 Å². The number of carbonyl (C=O) groups excluding carboxylic acids is 1. The molecule has 114 valence electrons. The maximum Gasteiger partial charge on any atom is 0.256 e. The van der Waals surface area contributed by atoms with Gasteiger partial charge in [-0.15, -0.1) is 0 Å². The maximum atomic E-state index is 12.7. The maximum absolute atomic E-state index is 12.7. The standard InChI is InChI=1S/C16H22ClN3O/c17-14-7-3-6-13(15(14)18)16(21)20-10-4-5-12(11-20)19-8-1-2-9-19/h3,6-7,12H,1-2,4-5,8-11,18H2. The Balaban J connectivity index is 1.73. The molecule has 0 aromatic heterocycles. The molecule has 1 amide bonds. The first-order valence-corrected chi connectivity index (χ1v) is 8.12. The van der Waals surface area contributed by atoms with E-state index >= 15 is 0 Å². The highest BCUT2D eigenvalue weighted by atomic mass is 35.5. The summed E-state index contributed by atoms with van der Waals surface area (Å²) in [5.74, 6) is 0.0129. The molecule has 4 nitrogen and oxygen atoms in total. The highest BCUT2D eigenvalue weighted by Crippen LogP contribution is 2.26. The third-order valence-corrected chi connectivity index (χ3v) is 4.95. The van der Waals surface area contributed by atoms with Crippen molar-refractivity contribution in [3.63, 3.8) is 0 Å². The second kappa shape index (κ2) is 6.24. The molecule has 2 heterocycles. The van der Waals surface area contributed by atoms with Crippen LogP contribution in [0.3, 0.4) is 0 Å². The largest absolute Gasteiger partial charge is 0.397 e. The Morgan fingerprint density at radius 2 is 1.95 bits per heavy atom. The molecule has 3 rings (SSSR count). The lowest BCUT2D eigenvalue weighted by molar-refractivity contribution is 0.0609. The van der Waals surface area contributed by atoms with Crippen molar-refractivity contribution in [2.75, 3.05) is 31.9 Å². The lowest BCUT2D eigenvalue weighted by atomic mass is 10.0. The molecule has 1 aromatic rings. The van der Waals surface area contributed by atoms with E-state index in [-0.39, 0.29) is 5.91 Å². The summed E-state index contributed by atoms with van der Waals surface area (Å²) in [5.41, 5.74) is 6.88. The van der Waals surface area contributed by atoms with Gasteiger partial charge in [-0.25, -0.2) is 0 Å². The van der Waals surface area contributed by atoms with Crippen LogP contribution in [-0.4, -0.2) is 47.9 Å². The Bertz CT molecular complexity index is 528. The van der Waals surface area contributed by atoms with Gasteiger partial charge < -0.3 is 10.6 Å². The predicted molar refractivity (Wildman–Crippen MR) is 85.6 cm³/mol. The van der Waals surface area contributed by atoms with E-state index in [1.807, 2.05) is 4.90 Å². The Labute approximate surface area is 130 Å². The van der Waals surface area contributed by atoms with Gasteiger partial charge in [-0.1, -0.05) is 17.7 Å². The van der Waals surface area contributed by atoms with Crippen LogP contribution in [0.2, 0.25) is 5.02 Å². The van der Waals surface area contributed by atoms with Gasteiger partial charge >= 0.3 is 0 Å². The molecule has 2 N–H and O–H groups in total. The molecule has 1 unspecified atom stereocenters. The molecule has 1 aromatic carbocycles. The van der Waals surface area contributed by atoms with Crippen LogP contribution in [0.5, 0.6) is 0 Å². The molecular formula is C16H22ClN3O. The molecule has 0 bridgehead atoms. The number of carbonyl (C=O) groups is 1. The minimum Gasteiger partial charge on any atom is -0.397 e. The van der Waals surface area contributed by atoms with Gasteiger partial charge in [0.25, 0.3) is 5.91 Å². The minimum atomic E-state index is 0.0129. The molecule has 2 saturated heterocycles. The fourth-order valence-electron chi connectivity index (χ4n) is 3.44. The molecule has 2 fully saturated rings. The summed E-state index contributed by atoms with van der Waals surface area (Å²) < 4.78 is 0. The zero-order chi connectivity index (χ0) is 14.8. The predicted octanol–water partition coefficient (Wildman–Crippen LogP) is 2.62. The number of benzene rings is 1. The quantitative estimate of drug-likeness (QED) is 0.855. The summed E-state index contributed by atoms with van der Waals surface area (Å²) in [6.45, 7) is 3.97. The number of piperidine rings is 1. The lowest BCUT2D eigenvalue weighted by Gasteiger charge is -2.37. The molecular weight excluding hydrogens is 286 g/mol. The van der Waals surface area contributed by atoms with E-state index in [1.165, 1.54) is 32.4 Å². The van der Waals surface area contributed by atoms with Crippen LogP contribution >= 0.6 is 11.6 Å². The topological polar surface area (TPSA) is 49.6 Å². The van der Waals surface area contributed by atoms with Gasteiger partial charge in [0, 0.05) is 19.1 Å². The fraction of sp³-hybridized carbons (Fsp3) is 0.562. The van der Waals surface area contributed by atoms with Crippen LogP contribution in [0.4, 0.5) is 5.69 Å². The first-order chi connectivity index (χ1) is 10.2. The summed E-state index contributed by atoms with van der Waals surface area (Å²) in [7, 11) is 0. The van der Waals surface area contributed by atoms with Crippen molar-refractivity contribution in [1.82, 2.24) is 9.80 Å². The number of para-hydroxylation sites is 1. The van der Waals surface area contributed by atoms with Crippen molar-refractivity contribution in [1.29, 1.82) is 0 Å². The first kappa shape index (κ1) is 14.7. The number of likely N-dealkylation sites (tertiary alicyclic amines) is 2. The second-order valence-corrected chi connectivity index (χ2v) is 6.40. The minimum absolute atomic E-state index is 0.0129. The third-order valence-electron chi connectivity index (χ3n) is 4.62. The zero-order valence-corrected chi connectivity index (χ0v) is 13.0. The number of nitrogen functional groups attached to an aromatic ring is 1. The van der Waals surface area contributed by atoms with Crippen LogP contribution < -0.4 is 5.73 Å². The van der Waals surface area contributed by atoms with Gasteiger partial charge in [0.05, 0.1) is 16.3 Å². The number of hydrogen-bond donors (Lipinski definition) is 1. The second-order valence-electron chi connectivity index (χ2n) is 5.99. The van der Waals surface area contributed by atoms with Gasteiger partial charge in [0.15, 0.2) is 0 Å². The Morgan fingerprint density at radius 1 is 1.19 bits per heavy atom. The molecule has 1 atom stereocenters. The summed E-state index contributed by atoms with van der Waals surface area (Å²) in [4.78, 5) is 17.2. The van der Waals surface area contributed by atoms with Crippen molar-refractivity contribution in [2.24, 2.45) is 0 Å². The van der Waals surface area contributed by atoms with E-state index in [2.05, 4.69) is 4.90 Å². The number of rotatable bonds is 2. The molecule has 0 saturated carbocycles. The number of anilines is 1. The summed E-state index contributed by atoms with van der Waals surface area (Å²) in [5, 5.41) is 0.453. The zero-order valence-electron chi connectivity index (χ0n) is 12.2. The van der Waals surface area contributed by atoms with Crippen molar-refractivity contribution in [3.05, 3.63) is 28.8 Å². The summed E-state index contributed by atoms with van der Waals surface area (Å²) >= 11 is 6.03. The van der Waals surface area contributed by atoms with Gasteiger partial charge in [0.1, 0.15) is 0 Å². The number of nitrogens with zero attached hydrogens (tertiary/aromatic N) is 2. The van der Waals surface area contributed by atoms with Crippen molar-refractivity contribution in [2.45, 2.75) is 31.7 Å². The number of amides is 1. The van der Waals surface area contributed by atoms with Crippen molar-refractivity contribution >= 4 is 23.2 Å². The average molecular weight is 308 g/mol.